The van der Waals surface area contributed by atoms with Gasteiger partial charge in [-0.05, 0) is 24.3 Å². The van der Waals surface area contributed by atoms with Crippen LogP contribution in [-0.4, -0.2) is 19.1 Å². The van der Waals surface area contributed by atoms with E-state index in [4.69, 9.17) is 13.9 Å². The molecule has 0 fully saturated rings. The summed E-state index contributed by atoms with van der Waals surface area (Å²) in [6, 6.07) is 8.84. The molecule has 0 radical (unpaired) electrons. The Labute approximate surface area is 122 Å². The Bertz CT molecular complexity index is 647. The zero-order valence-corrected chi connectivity index (χ0v) is 11.8. The van der Waals surface area contributed by atoms with Crippen molar-refractivity contribution in [2.45, 2.75) is 19.8 Å². The van der Waals surface area contributed by atoms with Crippen LogP contribution in [0.1, 0.15) is 29.7 Å². The molecule has 0 unspecified atom stereocenters. The van der Waals surface area contributed by atoms with Gasteiger partial charge in [-0.2, -0.15) is 0 Å². The summed E-state index contributed by atoms with van der Waals surface area (Å²) in [7, 11) is 0. The molecule has 0 saturated heterocycles. The van der Waals surface area contributed by atoms with Gasteiger partial charge in [-0.15, -0.1) is 0 Å². The number of aryl methyl sites for hydroxylation is 1. The minimum atomic E-state index is -0.274. The summed E-state index contributed by atoms with van der Waals surface area (Å²) >= 11 is 0. The van der Waals surface area contributed by atoms with Crippen molar-refractivity contribution in [1.82, 2.24) is 0 Å². The maximum Gasteiger partial charge on any atom is 0.291 e. The highest BCUT2D eigenvalue weighted by molar-refractivity contribution is 6.02. The highest BCUT2D eigenvalue weighted by Crippen LogP contribution is 2.32. The molecule has 3 rings (SSSR count). The van der Waals surface area contributed by atoms with Crippen molar-refractivity contribution in [2.75, 3.05) is 18.5 Å². The third kappa shape index (κ3) is 3.02. The van der Waals surface area contributed by atoms with E-state index < -0.39 is 0 Å². The molecule has 5 heteroatoms. The molecule has 0 atom stereocenters. The molecule has 1 aliphatic heterocycles. The normalized spacial score (nSPS) is 13.6. The van der Waals surface area contributed by atoms with E-state index in [9.17, 15) is 4.79 Å². The van der Waals surface area contributed by atoms with E-state index in [0.29, 0.717) is 36.2 Å². The topological polar surface area (TPSA) is 60.7 Å². The molecule has 1 aromatic carbocycles. The van der Waals surface area contributed by atoms with Crippen molar-refractivity contribution < 1.29 is 18.7 Å². The molecule has 1 aromatic heterocycles. The first-order valence-corrected chi connectivity index (χ1v) is 7.06. The van der Waals surface area contributed by atoms with Crippen molar-refractivity contribution in [1.29, 1.82) is 0 Å². The smallest absolute Gasteiger partial charge is 0.291 e. The lowest BCUT2D eigenvalue weighted by Crippen LogP contribution is -2.11. The number of carbonyl (C=O) groups is 1. The molecule has 0 aliphatic carbocycles. The van der Waals surface area contributed by atoms with E-state index in [2.05, 4.69) is 5.32 Å². The van der Waals surface area contributed by atoms with E-state index in [1.165, 1.54) is 0 Å². The number of amides is 1. The van der Waals surface area contributed by atoms with Crippen LogP contribution in [0.2, 0.25) is 0 Å². The fourth-order valence-corrected chi connectivity index (χ4v) is 2.12. The van der Waals surface area contributed by atoms with Gasteiger partial charge in [-0.25, -0.2) is 0 Å². The molecule has 0 spiro atoms. The lowest BCUT2D eigenvalue weighted by atomic mass is 10.2. The van der Waals surface area contributed by atoms with E-state index in [-0.39, 0.29) is 5.91 Å². The largest absolute Gasteiger partial charge is 0.490 e. The van der Waals surface area contributed by atoms with Gasteiger partial charge in [0.05, 0.1) is 13.2 Å². The number of fused-ring (bicyclic) bond motifs is 1. The monoisotopic (exact) mass is 287 g/mol. The van der Waals surface area contributed by atoms with E-state index in [0.717, 1.165) is 18.6 Å². The van der Waals surface area contributed by atoms with E-state index in [1.807, 2.05) is 13.0 Å². The molecule has 1 aliphatic rings. The van der Waals surface area contributed by atoms with Crippen LogP contribution in [0.25, 0.3) is 0 Å². The predicted octanol–water partition coefficient (Wildman–Crippen LogP) is 3.26. The second-order valence-electron chi connectivity index (χ2n) is 4.79. The molecule has 1 N–H and O–H groups in total. The third-order valence-corrected chi connectivity index (χ3v) is 3.24. The second-order valence-corrected chi connectivity index (χ2v) is 4.79. The molecule has 0 bridgehead atoms. The van der Waals surface area contributed by atoms with Gasteiger partial charge in [0.1, 0.15) is 5.76 Å². The number of rotatable bonds is 3. The zero-order chi connectivity index (χ0) is 14.7. The van der Waals surface area contributed by atoms with Crippen molar-refractivity contribution in [3.8, 4) is 11.5 Å². The summed E-state index contributed by atoms with van der Waals surface area (Å²) in [5.74, 6) is 2.18. The molecule has 2 heterocycles. The highest BCUT2D eigenvalue weighted by Gasteiger charge is 2.14. The van der Waals surface area contributed by atoms with Gasteiger partial charge in [-0.3, -0.25) is 4.79 Å². The number of carbonyl (C=O) groups excluding carboxylic acids is 1. The molecule has 1 amide bonds. The fourth-order valence-electron chi connectivity index (χ4n) is 2.12. The van der Waals surface area contributed by atoms with Gasteiger partial charge < -0.3 is 19.2 Å². The van der Waals surface area contributed by atoms with Crippen molar-refractivity contribution in [3.63, 3.8) is 0 Å². The molecule has 5 nitrogen and oxygen atoms in total. The summed E-state index contributed by atoms with van der Waals surface area (Å²) in [6.45, 7) is 3.23. The SMILES string of the molecule is CCc1ccc(C(=O)Nc2ccc3c(c2)OCCCO3)o1. The summed E-state index contributed by atoms with van der Waals surface area (Å²) in [5.41, 5.74) is 0.652. The van der Waals surface area contributed by atoms with Gasteiger partial charge in [0, 0.05) is 24.6 Å². The Morgan fingerprint density at radius 3 is 2.71 bits per heavy atom. The van der Waals surface area contributed by atoms with Gasteiger partial charge in [-0.1, -0.05) is 6.92 Å². The van der Waals surface area contributed by atoms with Crippen LogP contribution in [0.5, 0.6) is 11.5 Å². The first-order chi connectivity index (χ1) is 10.3. The molecular formula is C16H17NO4. The number of hydrogen-bond donors (Lipinski definition) is 1. The summed E-state index contributed by atoms with van der Waals surface area (Å²) in [5, 5.41) is 2.80. The molecule has 2 aromatic rings. The number of furan rings is 1. The van der Waals surface area contributed by atoms with Gasteiger partial charge in [0.2, 0.25) is 0 Å². The van der Waals surface area contributed by atoms with Crippen LogP contribution in [0.4, 0.5) is 5.69 Å². The lowest BCUT2D eigenvalue weighted by molar-refractivity contribution is 0.0995. The average molecular weight is 287 g/mol. The van der Waals surface area contributed by atoms with Crippen LogP contribution in [0, 0.1) is 0 Å². The first kappa shape index (κ1) is 13.5. The predicted molar refractivity (Wildman–Crippen MR) is 78.1 cm³/mol. The maximum absolute atomic E-state index is 12.1. The zero-order valence-electron chi connectivity index (χ0n) is 11.8. The van der Waals surface area contributed by atoms with Gasteiger partial charge in [0.15, 0.2) is 17.3 Å². The second kappa shape index (κ2) is 5.91. The lowest BCUT2D eigenvalue weighted by Gasteiger charge is -2.09. The Morgan fingerprint density at radius 1 is 1.14 bits per heavy atom. The third-order valence-electron chi connectivity index (χ3n) is 3.24. The fraction of sp³-hybridized carbons (Fsp3) is 0.312. The Kier molecular flexibility index (Phi) is 3.81. The van der Waals surface area contributed by atoms with Gasteiger partial charge >= 0.3 is 0 Å². The van der Waals surface area contributed by atoms with Crippen LogP contribution < -0.4 is 14.8 Å². The van der Waals surface area contributed by atoms with Crippen molar-refractivity contribution in [3.05, 3.63) is 41.9 Å². The van der Waals surface area contributed by atoms with Crippen LogP contribution >= 0.6 is 0 Å². The summed E-state index contributed by atoms with van der Waals surface area (Å²) in [4.78, 5) is 12.1. The van der Waals surface area contributed by atoms with Gasteiger partial charge in [0.25, 0.3) is 5.91 Å². The van der Waals surface area contributed by atoms with Crippen LogP contribution in [0.15, 0.2) is 34.7 Å². The number of hydrogen-bond acceptors (Lipinski definition) is 4. The quantitative estimate of drug-likeness (QED) is 0.941. The maximum atomic E-state index is 12.1. The summed E-state index contributed by atoms with van der Waals surface area (Å²) in [6.07, 6.45) is 1.61. The number of benzene rings is 1. The first-order valence-electron chi connectivity index (χ1n) is 7.06. The number of nitrogens with one attached hydrogen (secondary N) is 1. The molecular weight excluding hydrogens is 270 g/mol. The van der Waals surface area contributed by atoms with Crippen LogP contribution in [-0.2, 0) is 6.42 Å². The highest BCUT2D eigenvalue weighted by atomic mass is 16.5. The Balaban J connectivity index is 1.75. The minimum Gasteiger partial charge on any atom is -0.490 e. The Morgan fingerprint density at radius 2 is 1.95 bits per heavy atom. The van der Waals surface area contributed by atoms with E-state index >= 15 is 0 Å². The average Bonchev–Trinajstić information content (AvgIpc) is 2.86. The van der Waals surface area contributed by atoms with Crippen molar-refractivity contribution >= 4 is 11.6 Å². The number of ether oxygens (including phenoxy) is 2. The minimum absolute atomic E-state index is 0.274. The van der Waals surface area contributed by atoms with E-state index in [1.54, 1.807) is 24.3 Å². The Hall–Kier alpha value is -2.43. The summed E-state index contributed by atoms with van der Waals surface area (Å²) < 4.78 is 16.6. The van der Waals surface area contributed by atoms with Crippen LogP contribution in [0.3, 0.4) is 0 Å². The van der Waals surface area contributed by atoms with Crippen molar-refractivity contribution in [2.24, 2.45) is 0 Å². The standard InChI is InChI=1S/C16H17NO4/c1-2-12-5-7-14(21-12)16(18)17-11-4-6-13-15(10-11)20-9-3-8-19-13/h4-7,10H,2-3,8-9H2,1H3,(H,17,18). The molecule has 0 saturated carbocycles. The molecule has 21 heavy (non-hydrogen) atoms. The number of anilines is 1. The molecule has 110 valence electrons.